The average molecular weight is 304 g/mol. The molecule has 0 aromatic carbocycles. The van der Waals surface area contributed by atoms with Crippen LogP contribution in [0.5, 0.6) is 0 Å². The van der Waals surface area contributed by atoms with Crippen molar-refractivity contribution in [3.05, 3.63) is 11.9 Å². The fourth-order valence-corrected chi connectivity index (χ4v) is 2.42. The van der Waals surface area contributed by atoms with E-state index in [1.54, 1.807) is 13.2 Å². The van der Waals surface area contributed by atoms with Gasteiger partial charge in [0.05, 0.1) is 0 Å². The highest BCUT2D eigenvalue weighted by atomic mass is 19.4. The Morgan fingerprint density at radius 1 is 1.33 bits per heavy atom. The Labute approximate surface area is 121 Å². The molecule has 0 radical (unpaired) electrons. The zero-order chi connectivity index (χ0) is 15.5. The van der Waals surface area contributed by atoms with Crippen LogP contribution in [0.3, 0.4) is 0 Å². The molecule has 1 aromatic rings. The predicted molar refractivity (Wildman–Crippen MR) is 73.4 cm³/mol. The van der Waals surface area contributed by atoms with Gasteiger partial charge in [-0.1, -0.05) is 0 Å². The van der Waals surface area contributed by atoms with Crippen LogP contribution in [0.25, 0.3) is 0 Å². The third kappa shape index (κ3) is 3.96. The van der Waals surface area contributed by atoms with Crippen LogP contribution in [0.2, 0.25) is 0 Å². The van der Waals surface area contributed by atoms with Crippen molar-refractivity contribution < 1.29 is 17.9 Å². The van der Waals surface area contributed by atoms with Gasteiger partial charge >= 0.3 is 6.18 Å². The van der Waals surface area contributed by atoms with Gasteiger partial charge in [-0.05, 0) is 18.8 Å². The number of methoxy groups -OCH3 is 1. The Kier molecular flexibility index (Phi) is 4.87. The first kappa shape index (κ1) is 15.8. The summed E-state index contributed by atoms with van der Waals surface area (Å²) < 4.78 is 43.6. The third-order valence-corrected chi connectivity index (χ3v) is 3.56. The lowest BCUT2D eigenvalue weighted by atomic mass is 9.98. The third-order valence-electron chi connectivity index (χ3n) is 3.56. The molecule has 21 heavy (non-hydrogen) atoms. The van der Waals surface area contributed by atoms with Gasteiger partial charge in [0, 0.05) is 39.9 Å². The zero-order valence-corrected chi connectivity index (χ0v) is 12.1. The van der Waals surface area contributed by atoms with Crippen LogP contribution in [0.1, 0.15) is 18.7 Å². The van der Waals surface area contributed by atoms with E-state index in [0.717, 1.165) is 12.8 Å². The Morgan fingerprint density at radius 3 is 2.52 bits per heavy atom. The molecule has 1 aliphatic rings. The summed E-state index contributed by atoms with van der Waals surface area (Å²) in [7, 11) is 3.20. The van der Waals surface area contributed by atoms with E-state index < -0.39 is 12.0 Å². The summed E-state index contributed by atoms with van der Waals surface area (Å²) in [5.74, 6) is -0.161. The van der Waals surface area contributed by atoms with Gasteiger partial charge in [0.2, 0.25) is 5.82 Å². The lowest BCUT2D eigenvalue weighted by molar-refractivity contribution is -0.144. The smallest absolute Gasteiger partial charge is 0.384 e. The topological polar surface area (TPSA) is 50.3 Å². The average Bonchev–Trinajstić information content (AvgIpc) is 2.47. The lowest BCUT2D eigenvalue weighted by Gasteiger charge is -2.32. The van der Waals surface area contributed by atoms with Crippen LogP contribution in [-0.4, -0.2) is 43.8 Å². The standard InChI is InChI=1S/C13H19F3N4O/c1-17-10-7-11(19-12(18-10)13(14,15)16)20-5-3-9(4-6-20)8-21-2/h7,9H,3-6,8H2,1-2H3,(H,17,18,19). The summed E-state index contributed by atoms with van der Waals surface area (Å²) >= 11 is 0. The highest BCUT2D eigenvalue weighted by Crippen LogP contribution is 2.30. The number of alkyl halides is 3. The van der Waals surface area contributed by atoms with E-state index in [0.29, 0.717) is 31.4 Å². The molecule has 0 bridgehead atoms. The Bertz CT molecular complexity index is 473. The number of halogens is 3. The van der Waals surface area contributed by atoms with E-state index in [9.17, 15) is 13.2 Å². The Hall–Kier alpha value is -1.57. The van der Waals surface area contributed by atoms with Gasteiger partial charge in [-0.15, -0.1) is 0 Å². The number of aromatic nitrogens is 2. The molecule has 0 atom stereocenters. The van der Waals surface area contributed by atoms with E-state index in [2.05, 4.69) is 15.3 Å². The van der Waals surface area contributed by atoms with Gasteiger partial charge in [0.1, 0.15) is 11.6 Å². The molecule has 0 amide bonds. The molecule has 1 aromatic heterocycles. The monoisotopic (exact) mass is 304 g/mol. The summed E-state index contributed by atoms with van der Waals surface area (Å²) in [5, 5.41) is 2.65. The van der Waals surface area contributed by atoms with Crippen LogP contribution in [0.15, 0.2) is 6.07 Å². The van der Waals surface area contributed by atoms with Crippen molar-refractivity contribution in [2.45, 2.75) is 19.0 Å². The van der Waals surface area contributed by atoms with E-state index in [4.69, 9.17) is 4.74 Å². The molecule has 1 fully saturated rings. The van der Waals surface area contributed by atoms with Gasteiger partial charge in [-0.25, -0.2) is 9.97 Å². The molecule has 0 spiro atoms. The molecule has 118 valence electrons. The van der Waals surface area contributed by atoms with Crippen LogP contribution in [0.4, 0.5) is 24.8 Å². The normalized spacial score (nSPS) is 17.1. The van der Waals surface area contributed by atoms with Gasteiger partial charge < -0.3 is 15.0 Å². The molecule has 2 heterocycles. The fourth-order valence-electron chi connectivity index (χ4n) is 2.42. The molecule has 8 heteroatoms. The van der Waals surface area contributed by atoms with Crippen LogP contribution >= 0.6 is 0 Å². The number of ether oxygens (including phenoxy) is 1. The van der Waals surface area contributed by atoms with Crippen molar-refractivity contribution >= 4 is 11.6 Å². The van der Waals surface area contributed by atoms with Crippen LogP contribution in [-0.2, 0) is 10.9 Å². The minimum atomic E-state index is -4.55. The summed E-state index contributed by atoms with van der Waals surface area (Å²) in [5.41, 5.74) is 0. The molecule has 0 aliphatic carbocycles. The number of piperidine rings is 1. The lowest BCUT2D eigenvalue weighted by Crippen LogP contribution is -2.36. The highest BCUT2D eigenvalue weighted by molar-refractivity contribution is 5.49. The maximum absolute atomic E-state index is 12.8. The molecule has 2 rings (SSSR count). The molecule has 5 nitrogen and oxygen atoms in total. The molecular weight excluding hydrogens is 285 g/mol. The number of hydrogen-bond donors (Lipinski definition) is 1. The van der Waals surface area contributed by atoms with Gasteiger partial charge in [0.25, 0.3) is 0 Å². The first-order chi connectivity index (χ1) is 9.94. The van der Waals surface area contributed by atoms with Gasteiger partial charge in [-0.3, -0.25) is 0 Å². The highest BCUT2D eigenvalue weighted by Gasteiger charge is 2.36. The molecule has 0 unspecified atom stereocenters. The first-order valence-electron chi connectivity index (χ1n) is 6.82. The van der Waals surface area contributed by atoms with E-state index in [1.165, 1.54) is 7.05 Å². The maximum atomic E-state index is 12.8. The number of rotatable bonds is 4. The minimum absolute atomic E-state index is 0.173. The van der Waals surface area contributed by atoms with E-state index >= 15 is 0 Å². The second-order valence-electron chi connectivity index (χ2n) is 5.07. The van der Waals surface area contributed by atoms with Crippen molar-refractivity contribution in [2.75, 3.05) is 44.1 Å². The largest absolute Gasteiger partial charge is 0.451 e. The summed E-state index contributed by atoms with van der Waals surface area (Å²) in [4.78, 5) is 9.00. The summed E-state index contributed by atoms with van der Waals surface area (Å²) in [6, 6.07) is 1.55. The number of anilines is 2. The van der Waals surface area contributed by atoms with Crippen molar-refractivity contribution in [3.8, 4) is 0 Å². The molecule has 1 saturated heterocycles. The van der Waals surface area contributed by atoms with E-state index in [1.807, 2.05) is 4.90 Å². The molecule has 1 aliphatic heterocycles. The molecule has 1 N–H and O–H groups in total. The Balaban J connectivity index is 2.16. The van der Waals surface area contributed by atoms with Gasteiger partial charge in [0.15, 0.2) is 0 Å². The van der Waals surface area contributed by atoms with Crippen molar-refractivity contribution in [1.29, 1.82) is 0 Å². The molecular formula is C13H19F3N4O. The SMILES string of the molecule is CNc1cc(N2CCC(COC)CC2)nc(C(F)(F)F)n1. The zero-order valence-electron chi connectivity index (χ0n) is 12.1. The molecule has 0 saturated carbocycles. The number of nitrogens with one attached hydrogen (secondary N) is 1. The minimum Gasteiger partial charge on any atom is -0.384 e. The predicted octanol–water partition coefficient (Wildman–Crippen LogP) is 2.40. The van der Waals surface area contributed by atoms with Crippen LogP contribution in [0, 0.1) is 5.92 Å². The fraction of sp³-hybridized carbons (Fsp3) is 0.692. The second-order valence-corrected chi connectivity index (χ2v) is 5.07. The van der Waals surface area contributed by atoms with Crippen molar-refractivity contribution in [3.63, 3.8) is 0 Å². The van der Waals surface area contributed by atoms with Gasteiger partial charge in [-0.2, -0.15) is 13.2 Å². The summed E-state index contributed by atoms with van der Waals surface area (Å²) in [6.45, 7) is 2.03. The number of hydrogen-bond acceptors (Lipinski definition) is 5. The summed E-state index contributed by atoms with van der Waals surface area (Å²) in [6.07, 6.45) is -2.78. The van der Waals surface area contributed by atoms with Crippen molar-refractivity contribution in [2.24, 2.45) is 5.92 Å². The second kappa shape index (κ2) is 6.46. The quantitative estimate of drug-likeness (QED) is 0.925. The number of nitrogens with zero attached hydrogens (tertiary/aromatic N) is 3. The Morgan fingerprint density at radius 2 is 2.00 bits per heavy atom. The van der Waals surface area contributed by atoms with Crippen molar-refractivity contribution in [1.82, 2.24) is 9.97 Å². The first-order valence-corrected chi connectivity index (χ1v) is 6.82. The van der Waals surface area contributed by atoms with Crippen LogP contribution < -0.4 is 10.2 Å². The van der Waals surface area contributed by atoms with E-state index in [-0.39, 0.29) is 5.82 Å². The maximum Gasteiger partial charge on any atom is 0.451 e.